The third kappa shape index (κ3) is 3.71. The van der Waals surface area contributed by atoms with Crippen LogP contribution in [-0.4, -0.2) is 22.6 Å². The number of carbonyl (C=O) groups is 2. The minimum atomic E-state index is -0.852. The minimum Gasteiger partial charge on any atom is -0.478 e. The lowest BCUT2D eigenvalue weighted by atomic mass is 9.88. The van der Waals surface area contributed by atoms with Crippen molar-refractivity contribution in [1.82, 2.24) is 4.40 Å². The monoisotopic (exact) mass is 536 g/mol. The predicted octanol–water partition coefficient (Wildman–Crippen LogP) is 6.98. The molecule has 1 aliphatic heterocycles. The van der Waals surface area contributed by atoms with Gasteiger partial charge in [-0.1, -0.05) is 76.6 Å². The number of benzene rings is 3. The van der Waals surface area contributed by atoms with E-state index in [2.05, 4.69) is 21.2 Å². The molecule has 0 fully saturated rings. The van der Waals surface area contributed by atoms with Gasteiger partial charge in [-0.15, -0.1) is 0 Å². The molecule has 3 heterocycles. The number of ether oxygens (including phenoxy) is 1. The number of hydrogen-bond donors (Lipinski definition) is 1. The molecule has 0 amide bonds. The van der Waals surface area contributed by atoms with E-state index in [1.54, 1.807) is 12.1 Å². The second-order valence-electron chi connectivity index (χ2n) is 8.64. The summed E-state index contributed by atoms with van der Waals surface area (Å²) in [5, 5.41) is 3.58. The number of nitrogens with zero attached hydrogens (tertiary/aromatic N) is 1. The summed E-state index contributed by atoms with van der Waals surface area (Å²) in [5.74, 6) is 0.473. The third-order valence-electron chi connectivity index (χ3n) is 6.55. The fraction of sp³-hybridized carbons (Fsp3) is 0.0667. The van der Waals surface area contributed by atoms with Gasteiger partial charge in [-0.3, -0.25) is 9.59 Å². The van der Waals surface area contributed by atoms with Crippen molar-refractivity contribution in [3.8, 4) is 16.9 Å². The number of para-hydroxylation sites is 2. The van der Waals surface area contributed by atoms with Crippen LogP contribution in [0.4, 0.5) is 5.69 Å². The summed E-state index contributed by atoms with van der Waals surface area (Å²) < 4.78 is 9.18. The second kappa shape index (κ2) is 9.13. The molecule has 1 aliphatic rings. The summed E-state index contributed by atoms with van der Waals surface area (Å²) in [6.45, 7) is 0. The Bertz CT molecular complexity index is 1590. The average molecular weight is 537 g/mol. The Kier molecular flexibility index (Phi) is 5.66. The van der Waals surface area contributed by atoms with Crippen LogP contribution in [0, 0.1) is 0 Å². The van der Waals surface area contributed by atoms with E-state index in [1.165, 1.54) is 0 Å². The number of Topliss-reactive ketones (excluding diaryl/α,β-unsaturated/α-hetero) is 1. The zero-order valence-corrected chi connectivity index (χ0v) is 20.7. The molecule has 176 valence electrons. The van der Waals surface area contributed by atoms with Crippen molar-refractivity contribution in [3.05, 3.63) is 125 Å². The van der Waals surface area contributed by atoms with Gasteiger partial charge in [-0.25, -0.2) is 0 Å². The molecule has 0 saturated heterocycles. The SMILES string of the molecule is O=Cc1c(-c2ccccc2)c([C@@H]2Nc3ccccc3O[C@H]2C(=O)c2ccc(Br)cc2)c2ccccn12. The Hall–Kier alpha value is -4.16. The molecule has 0 aliphatic carbocycles. The van der Waals surface area contributed by atoms with Gasteiger partial charge >= 0.3 is 0 Å². The first-order valence-corrected chi connectivity index (χ1v) is 12.4. The Balaban J connectivity index is 1.61. The summed E-state index contributed by atoms with van der Waals surface area (Å²) in [7, 11) is 0. The minimum absolute atomic E-state index is 0.142. The molecular formula is C30H21BrN2O3. The number of nitrogens with one attached hydrogen (secondary N) is 1. The molecule has 6 rings (SSSR count). The van der Waals surface area contributed by atoms with Gasteiger partial charge in [0, 0.05) is 27.4 Å². The maximum absolute atomic E-state index is 13.9. The van der Waals surface area contributed by atoms with Crippen molar-refractivity contribution in [2.75, 3.05) is 5.32 Å². The van der Waals surface area contributed by atoms with E-state index in [4.69, 9.17) is 4.74 Å². The summed E-state index contributed by atoms with van der Waals surface area (Å²) in [6.07, 6.45) is 1.90. The highest BCUT2D eigenvalue weighted by Gasteiger charge is 2.40. The maximum atomic E-state index is 13.9. The lowest BCUT2D eigenvalue weighted by molar-refractivity contribution is 0.0746. The molecule has 0 bridgehead atoms. The Morgan fingerprint density at radius 1 is 0.889 bits per heavy atom. The van der Waals surface area contributed by atoms with E-state index < -0.39 is 12.1 Å². The van der Waals surface area contributed by atoms with Crippen molar-refractivity contribution < 1.29 is 14.3 Å². The number of anilines is 1. The van der Waals surface area contributed by atoms with Gasteiger partial charge in [-0.05, 0) is 42.0 Å². The third-order valence-corrected chi connectivity index (χ3v) is 7.08. The number of ketones is 1. The number of rotatable bonds is 5. The zero-order valence-electron chi connectivity index (χ0n) is 19.1. The molecule has 5 aromatic rings. The van der Waals surface area contributed by atoms with Gasteiger partial charge in [0.1, 0.15) is 5.75 Å². The normalized spacial score (nSPS) is 16.6. The predicted molar refractivity (Wildman–Crippen MR) is 144 cm³/mol. The van der Waals surface area contributed by atoms with Crippen molar-refractivity contribution in [3.63, 3.8) is 0 Å². The van der Waals surface area contributed by atoms with Gasteiger partial charge in [0.25, 0.3) is 0 Å². The first kappa shape index (κ1) is 22.3. The molecule has 36 heavy (non-hydrogen) atoms. The van der Waals surface area contributed by atoms with Crippen LogP contribution in [0.15, 0.2) is 108 Å². The van der Waals surface area contributed by atoms with E-state index >= 15 is 0 Å². The topological polar surface area (TPSA) is 59.8 Å². The lowest BCUT2D eigenvalue weighted by Crippen LogP contribution is -2.41. The molecule has 2 atom stereocenters. The smallest absolute Gasteiger partial charge is 0.205 e. The maximum Gasteiger partial charge on any atom is 0.205 e. The largest absolute Gasteiger partial charge is 0.478 e. The number of aromatic nitrogens is 1. The molecular weight excluding hydrogens is 516 g/mol. The molecule has 3 aromatic carbocycles. The van der Waals surface area contributed by atoms with Gasteiger partial charge in [0.15, 0.2) is 12.4 Å². The highest BCUT2D eigenvalue weighted by atomic mass is 79.9. The molecule has 0 unspecified atom stereocenters. The molecule has 0 radical (unpaired) electrons. The van der Waals surface area contributed by atoms with E-state index in [0.29, 0.717) is 17.0 Å². The van der Waals surface area contributed by atoms with Gasteiger partial charge in [0.05, 0.1) is 22.9 Å². The first-order valence-electron chi connectivity index (χ1n) is 11.6. The van der Waals surface area contributed by atoms with Crippen molar-refractivity contribution in [1.29, 1.82) is 0 Å². The number of halogens is 1. The first-order chi connectivity index (χ1) is 17.7. The number of carbonyl (C=O) groups excluding carboxylic acids is 2. The second-order valence-corrected chi connectivity index (χ2v) is 9.56. The van der Waals surface area contributed by atoms with Gasteiger partial charge in [-0.2, -0.15) is 0 Å². The van der Waals surface area contributed by atoms with E-state index in [0.717, 1.165) is 38.7 Å². The standard InChI is InChI=1S/C30H21BrN2O3/c31-21-15-13-20(14-16-21)29(35)30-28(32-22-10-4-5-12-25(22)36-30)27-23-11-6-7-17-33(23)24(18-34)26(27)19-8-2-1-3-9-19/h1-18,28,30,32H/t28-,30+/m0/s1. The van der Waals surface area contributed by atoms with E-state index in [9.17, 15) is 9.59 Å². The van der Waals surface area contributed by atoms with Crippen LogP contribution >= 0.6 is 15.9 Å². The van der Waals surface area contributed by atoms with E-state index in [-0.39, 0.29) is 5.78 Å². The van der Waals surface area contributed by atoms with Gasteiger partial charge in [0.2, 0.25) is 5.78 Å². The molecule has 0 spiro atoms. The van der Waals surface area contributed by atoms with Crippen LogP contribution in [0.25, 0.3) is 16.6 Å². The molecule has 6 heteroatoms. The van der Waals surface area contributed by atoms with Crippen molar-refractivity contribution >= 4 is 39.2 Å². The number of hydrogen-bond acceptors (Lipinski definition) is 4. The summed E-state index contributed by atoms with van der Waals surface area (Å²) in [5.41, 5.74) is 5.24. The summed E-state index contributed by atoms with van der Waals surface area (Å²) in [6, 6.07) is 29.9. The zero-order chi connectivity index (χ0) is 24.6. The fourth-order valence-electron chi connectivity index (χ4n) is 4.94. The van der Waals surface area contributed by atoms with Crippen LogP contribution in [0.1, 0.15) is 32.5 Å². The van der Waals surface area contributed by atoms with Crippen LogP contribution in [0.5, 0.6) is 5.75 Å². The number of pyridine rings is 1. The summed E-state index contributed by atoms with van der Waals surface area (Å²) in [4.78, 5) is 26.3. The Labute approximate surface area is 216 Å². The van der Waals surface area contributed by atoms with Crippen LogP contribution in [-0.2, 0) is 0 Å². The lowest BCUT2D eigenvalue weighted by Gasteiger charge is -2.35. The number of aldehydes is 1. The highest BCUT2D eigenvalue weighted by molar-refractivity contribution is 9.10. The fourth-order valence-corrected chi connectivity index (χ4v) is 5.21. The molecule has 2 aromatic heterocycles. The summed E-state index contributed by atoms with van der Waals surface area (Å²) >= 11 is 3.44. The van der Waals surface area contributed by atoms with Crippen molar-refractivity contribution in [2.24, 2.45) is 0 Å². The number of fused-ring (bicyclic) bond motifs is 2. The van der Waals surface area contributed by atoms with Crippen LogP contribution in [0.2, 0.25) is 0 Å². The van der Waals surface area contributed by atoms with Gasteiger partial charge < -0.3 is 14.5 Å². The average Bonchev–Trinajstić information content (AvgIpc) is 3.27. The van der Waals surface area contributed by atoms with Crippen LogP contribution < -0.4 is 10.1 Å². The molecule has 1 N–H and O–H groups in total. The van der Waals surface area contributed by atoms with Crippen molar-refractivity contribution in [2.45, 2.75) is 12.1 Å². The highest BCUT2D eigenvalue weighted by Crippen LogP contribution is 2.44. The molecule has 0 saturated carbocycles. The van der Waals surface area contributed by atoms with E-state index in [1.807, 2.05) is 95.5 Å². The Morgan fingerprint density at radius 2 is 1.61 bits per heavy atom. The quantitative estimate of drug-likeness (QED) is 0.194. The molecule has 5 nitrogen and oxygen atoms in total. The Morgan fingerprint density at radius 3 is 2.39 bits per heavy atom. The van der Waals surface area contributed by atoms with Crippen LogP contribution in [0.3, 0.4) is 0 Å².